The molecule has 23 heavy (non-hydrogen) atoms. The predicted molar refractivity (Wildman–Crippen MR) is 86.5 cm³/mol. The molecule has 2 aliphatic rings. The summed E-state index contributed by atoms with van der Waals surface area (Å²) < 4.78 is 5.04. The van der Waals surface area contributed by atoms with E-state index in [1.165, 1.54) is 0 Å². The number of carbonyl (C=O) groups excluding carboxylic acids is 1. The van der Waals surface area contributed by atoms with Crippen LogP contribution >= 0.6 is 0 Å². The van der Waals surface area contributed by atoms with Crippen molar-refractivity contribution in [2.45, 2.75) is 25.4 Å². The highest BCUT2D eigenvalue weighted by Crippen LogP contribution is 2.38. The maximum Gasteiger partial charge on any atom is 0.255 e. The molecule has 0 unspecified atom stereocenters. The number of aliphatic hydroxyl groups excluding tert-OH is 1. The average molecular weight is 319 g/mol. The first-order valence-corrected chi connectivity index (χ1v) is 8.20. The highest BCUT2D eigenvalue weighted by atomic mass is 16.5. The minimum Gasteiger partial charge on any atom is -0.481 e. The molecule has 0 aromatic carbocycles. The predicted octanol–water partition coefficient (Wildman–Crippen LogP) is 1.01. The van der Waals surface area contributed by atoms with Crippen LogP contribution in [0.1, 0.15) is 29.6 Å². The molecule has 3 rings (SSSR count). The Labute approximate surface area is 137 Å². The largest absolute Gasteiger partial charge is 0.481 e. The Balaban J connectivity index is 1.75. The van der Waals surface area contributed by atoms with Crippen LogP contribution in [0.15, 0.2) is 18.3 Å². The van der Waals surface area contributed by atoms with E-state index in [9.17, 15) is 9.90 Å². The zero-order chi connectivity index (χ0) is 16.4. The molecule has 2 atom stereocenters. The topological polar surface area (TPSA) is 65.9 Å². The number of likely N-dealkylation sites (tertiary alicyclic amines) is 2. The number of piperidine rings is 2. The Morgan fingerprint density at radius 3 is 2.91 bits per heavy atom. The van der Waals surface area contributed by atoms with Crippen molar-refractivity contribution < 1.29 is 14.6 Å². The Kier molecular flexibility index (Phi) is 4.55. The van der Waals surface area contributed by atoms with Crippen LogP contribution in [0.3, 0.4) is 0 Å². The second-order valence-electron chi connectivity index (χ2n) is 6.82. The lowest BCUT2D eigenvalue weighted by Gasteiger charge is -2.50. The number of carbonyl (C=O) groups is 1. The van der Waals surface area contributed by atoms with Crippen LogP contribution in [0.2, 0.25) is 0 Å². The van der Waals surface area contributed by atoms with Gasteiger partial charge < -0.3 is 19.6 Å². The molecule has 6 nitrogen and oxygen atoms in total. The molecule has 0 radical (unpaired) electrons. The Morgan fingerprint density at radius 2 is 2.22 bits per heavy atom. The lowest BCUT2D eigenvalue weighted by Crippen LogP contribution is -2.59. The fourth-order valence-corrected chi connectivity index (χ4v) is 3.92. The number of pyridine rings is 1. The van der Waals surface area contributed by atoms with E-state index < -0.39 is 0 Å². The van der Waals surface area contributed by atoms with E-state index in [0.29, 0.717) is 18.0 Å². The van der Waals surface area contributed by atoms with E-state index in [1.54, 1.807) is 25.4 Å². The van der Waals surface area contributed by atoms with Gasteiger partial charge in [0.2, 0.25) is 5.88 Å². The molecule has 1 aromatic heterocycles. The lowest BCUT2D eigenvalue weighted by molar-refractivity contribution is -0.0731. The molecule has 0 saturated carbocycles. The third kappa shape index (κ3) is 3.19. The molecule has 1 spiro atoms. The SMILES string of the molecule is COc1ccc(C(=O)N2CCC[C@]3(CN(C)CC[C@@H]3O)C2)cn1. The maximum absolute atomic E-state index is 12.8. The summed E-state index contributed by atoms with van der Waals surface area (Å²) in [5, 5.41) is 10.5. The monoisotopic (exact) mass is 319 g/mol. The normalized spacial score (nSPS) is 28.8. The van der Waals surface area contributed by atoms with Gasteiger partial charge in [-0.1, -0.05) is 0 Å². The fourth-order valence-electron chi connectivity index (χ4n) is 3.92. The van der Waals surface area contributed by atoms with Gasteiger partial charge >= 0.3 is 0 Å². The van der Waals surface area contributed by atoms with Crippen LogP contribution < -0.4 is 4.74 Å². The maximum atomic E-state index is 12.8. The van der Waals surface area contributed by atoms with Gasteiger partial charge in [0.25, 0.3) is 5.91 Å². The van der Waals surface area contributed by atoms with Crippen molar-refractivity contribution in [3.8, 4) is 5.88 Å². The van der Waals surface area contributed by atoms with E-state index in [-0.39, 0.29) is 17.4 Å². The van der Waals surface area contributed by atoms with Gasteiger partial charge in [-0.05, 0) is 32.4 Å². The minimum atomic E-state index is -0.330. The van der Waals surface area contributed by atoms with Crippen molar-refractivity contribution in [3.05, 3.63) is 23.9 Å². The molecule has 3 heterocycles. The van der Waals surface area contributed by atoms with Gasteiger partial charge in [0, 0.05) is 43.9 Å². The van der Waals surface area contributed by atoms with E-state index in [0.717, 1.165) is 38.9 Å². The number of hydrogen-bond acceptors (Lipinski definition) is 5. The van der Waals surface area contributed by atoms with Crippen LogP contribution in [0.5, 0.6) is 5.88 Å². The molecule has 126 valence electrons. The van der Waals surface area contributed by atoms with Crippen molar-refractivity contribution in [3.63, 3.8) is 0 Å². The van der Waals surface area contributed by atoms with Crippen LogP contribution in [0.25, 0.3) is 0 Å². The molecule has 1 amide bonds. The molecule has 2 fully saturated rings. The molecule has 1 aromatic rings. The van der Waals surface area contributed by atoms with E-state index >= 15 is 0 Å². The smallest absolute Gasteiger partial charge is 0.255 e. The van der Waals surface area contributed by atoms with E-state index in [1.807, 2.05) is 4.90 Å². The first-order chi connectivity index (χ1) is 11.0. The molecule has 2 aliphatic heterocycles. The Hall–Kier alpha value is -1.66. The van der Waals surface area contributed by atoms with Crippen LogP contribution in [0, 0.1) is 5.41 Å². The van der Waals surface area contributed by atoms with Crippen LogP contribution in [0.4, 0.5) is 0 Å². The lowest BCUT2D eigenvalue weighted by atomic mass is 9.71. The van der Waals surface area contributed by atoms with Gasteiger partial charge in [-0.15, -0.1) is 0 Å². The molecule has 6 heteroatoms. The highest BCUT2D eigenvalue weighted by Gasteiger charge is 2.45. The summed E-state index contributed by atoms with van der Waals surface area (Å²) in [6.45, 7) is 3.12. The number of aromatic nitrogens is 1. The van der Waals surface area contributed by atoms with Gasteiger partial charge in [-0.3, -0.25) is 4.79 Å². The van der Waals surface area contributed by atoms with Crippen molar-refractivity contribution in [2.75, 3.05) is 40.3 Å². The van der Waals surface area contributed by atoms with Crippen LogP contribution in [-0.2, 0) is 0 Å². The first-order valence-electron chi connectivity index (χ1n) is 8.20. The summed E-state index contributed by atoms with van der Waals surface area (Å²) in [5.41, 5.74) is 0.377. The number of rotatable bonds is 2. The standard InChI is InChI=1S/C17H25N3O3/c1-19-9-6-14(21)17(11-19)7-3-8-20(12-17)16(22)13-4-5-15(23-2)18-10-13/h4-5,10,14,21H,3,6-9,11-12H2,1-2H3/t14-,17-/m0/s1. The second-order valence-corrected chi connectivity index (χ2v) is 6.82. The molecule has 1 N–H and O–H groups in total. The summed E-state index contributed by atoms with van der Waals surface area (Å²) in [7, 11) is 3.64. The van der Waals surface area contributed by atoms with Gasteiger partial charge in [-0.2, -0.15) is 0 Å². The first kappa shape index (κ1) is 16.2. The summed E-state index contributed by atoms with van der Waals surface area (Å²) in [6.07, 6.45) is 3.92. The van der Waals surface area contributed by atoms with Crippen molar-refractivity contribution in [1.82, 2.24) is 14.8 Å². The molecular formula is C17H25N3O3. The summed E-state index contributed by atoms with van der Waals surface area (Å²) >= 11 is 0. The second kappa shape index (κ2) is 6.45. The number of hydrogen-bond donors (Lipinski definition) is 1. The molecule has 0 aliphatic carbocycles. The molecule has 0 bridgehead atoms. The quantitative estimate of drug-likeness (QED) is 0.881. The fraction of sp³-hybridized carbons (Fsp3) is 0.647. The van der Waals surface area contributed by atoms with Crippen LogP contribution in [-0.4, -0.2) is 72.2 Å². The Bertz CT molecular complexity index is 563. The van der Waals surface area contributed by atoms with Crippen molar-refractivity contribution in [2.24, 2.45) is 5.41 Å². The van der Waals surface area contributed by atoms with E-state index in [4.69, 9.17) is 4.74 Å². The number of amides is 1. The molecule has 2 saturated heterocycles. The van der Waals surface area contributed by atoms with Crippen molar-refractivity contribution in [1.29, 1.82) is 0 Å². The van der Waals surface area contributed by atoms with Gasteiger partial charge in [0.05, 0.1) is 18.8 Å². The summed E-state index contributed by atoms with van der Waals surface area (Å²) in [5.74, 6) is 0.487. The van der Waals surface area contributed by atoms with E-state index in [2.05, 4.69) is 16.9 Å². The third-order valence-corrected chi connectivity index (χ3v) is 5.16. The zero-order valence-corrected chi connectivity index (χ0v) is 13.9. The number of ether oxygens (including phenoxy) is 1. The zero-order valence-electron chi connectivity index (χ0n) is 13.9. The average Bonchev–Trinajstić information content (AvgIpc) is 2.58. The number of nitrogens with zero attached hydrogens (tertiary/aromatic N) is 3. The number of methoxy groups -OCH3 is 1. The highest BCUT2D eigenvalue weighted by molar-refractivity contribution is 5.94. The van der Waals surface area contributed by atoms with Crippen molar-refractivity contribution >= 4 is 5.91 Å². The minimum absolute atomic E-state index is 0.0142. The molecular weight excluding hydrogens is 294 g/mol. The van der Waals surface area contributed by atoms with Gasteiger partial charge in [0.1, 0.15) is 0 Å². The number of aliphatic hydroxyl groups is 1. The summed E-state index contributed by atoms with van der Waals surface area (Å²) in [6, 6.07) is 3.45. The Morgan fingerprint density at radius 1 is 1.39 bits per heavy atom. The third-order valence-electron chi connectivity index (χ3n) is 5.16. The summed E-state index contributed by atoms with van der Waals surface area (Å²) in [4.78, 5) is 21.0. The van der Waals surface area contributed by atoms with Gasteiger partial charge in [-0.25, -0.2) is 4.98 Å². The van der Waals surface area contributed by atoms with Gasteiger partial charge in [0.15, 0.2) is 0 Å².